The third-order valence-electron chi connectivity index (χ3n) is 6.07. The molecule has 0 aliphatic carbocycles. The van der Waals surface area contributed by atoms with Crippen LogP contribution in [0.5, 0.6) is 5.75 Å². The summed E-state index contributed by atoms with van der Waals surface area (Å²) in [6.45, 7) is 6.05. The zero-order valence-corrected chi connectivity index (χ0v) is 17.5. The van der Waals surface area contributed by atoms with Crippen molar-refractivity contribution in [2.75, 3.05) is 20.2 Å². The number of carbonyl (C=O) groups excluding carboxylic acids is 1. The molecule has 1 unspecified atom stereocenters. The number of aromatic nitrogens is 2. The third-order valence-corrected chi connectivity index (χ3v) is 6.07. The average molecular weight is 392 g/mol. The van der Waals surface area contributed by atoms with Crippen molar-refractivity contribution in [1.82, 2.24) is 14.3 Å². The number of aryl methyl sites for hydroxylation is 1. The number of ether oxygens (including phenoxy) is 1. The summed E-state index contributed by atoms with van der Waals surface area (Å²) in [4.78, 5) is 19.8. The van der Waals surface area contributed by atoms with Crippen LogP contribution in [0.25, 0.3) is 5.65 Å². The van der Waals surface area contributed by atoms with Gasteiger partial charge >= 0.3 is 0 Å². The van der Waals surface area contributed by atoms with Gasteiger partial charge in [0.2, 0.25) is 5.91 Å². The normalized spacial score (nSPS) is 16.2. The highest BCUT2D eigenvalue weighted by Gasteiger charge is 2.27. The predicted molar refractivity (Wildman–Crippen MR) is 114 cm³/mol. The number of amides is 1. The number of likely N-dealkylation sites (tertiary alicyclic amines) is 1. The van der Waals surface area contributed by atoms with E-state index in [2.05, 4.69) is 41.4 Å². The van der Waals surface area contributed by atoms with Crippen molar-refractivity contribution >= 4 is 11.6 Å². The molecule has 5 nitrogen and oxygen atoms in total. The Morgan fingerprint density at radius 3 is 2.79 bits per heavy atom. The van der Waals surface area contributed by atoms with E-state index in [1.807, 2.05) is 35.5 Å². The fraction of sp³-hybridized carbons (Fsp3) is 0.417. The first kappa shape index (κ1) is 19.5. The Labute approximate surface area is 172 Å². The maximum absolute atomic E-state index is 13.2. The molecular formula is C24H29N3O2. The quantitative estimate of drug-likeness (QED) is 0.646. The van der Waals surface area contributed by atoms with Crippen LogP contribution < -0.4 is 4.74 Å². The zero-order valence-electron chi connectivity index (χ0n) is 17.5. The lowest BCUT2D eigenvalue weighted by atomic mass is 9.91. The molecule has 0 N–H and O–H groups in total. The number of methoxy groups -OCH3 is 1. The summed E-state index contributed by atoms with van der Waals surface area (Å²) in [5.41, 5.74) is 4.19. The minimum absolute atomic E-state index is 0.0744. The van der Waals surface area contributed by atoms with Crippen molar-refractivity contribution in [1.29, 1.82) is 0 Å². The molecule has 1 aliphatic heterocycles. The van der Waals surface area contributed by atoms with Crippen LogP contribution in [0.3, 0.4) is 0 Å². The Kier molecular flexibility index (Phi) is 5.56. The van der Waals surface area contributed by atoms with Gasteiger partial charge in [-0.15, -0.1) is 0 Å². The monoisotopic (exact) mass is 391 g/mol. The van der Waals surface area contributed by atoms with Gasteiger partial charge in [-0.1, -0.05) is 19.1 Å². The maximum Gasteiger partial charge on any atom is 0.223 e. The number of imidazole rings is 1. The van der Waals surface area contributed by atoms with E-state index in [0.717, 1.165) is 48.6 Å². The molecular weight excluding hydrogens is 362 g/mol. The highest BCUT2D eigenvalue weighted by Crippen LogP contribution is 2.32. The highest BCUT2D eigenvalue weighted by atomic mass is 16.5. The van der Waals surface area contributed by atoms with Gasteiger partial charge in [-0.05, 0) is 61.1 Å². The molecule has 152 valence electrons. The molecule has 1 aromatic carbocycles. The van der Waals surface area contributed by atoms with Gasteiger partial charge in [-0.25, -0.2) is 4.98 Å². The minimum Gasteiger partial charge on any atom is -0.497 e. The molecule has 4 rings (SSSR count). The number of hydrogen-bond acceptors (Lipinski definition) is 3. The van der Waals surface area contributed by atoms with Gasteiger partial charge in [0.15, 0.2) is 0 Å². The van der Waals surface area contributed by atoms with Crippen molar-refractivity contribution in [2.45, 2.75) is 39.0 Å². The van der Waals surface area contributed by atoms with Gasteiger partial charge in [0.1, 0.15) is 11.4 Å². The third kappa shape index (κ3) is 4.14. The summed E-state index contributed by atoms with van der Waals surface area (Å²) in [6.07, 6.45) is 6.57. The second-order valence-corrected chi connectivity index (χ2v) is 8.21. The first-order valence-electron chi connectivity index (χ1n) is 10.4. The van der Waals surface area contributed by atoms with Crippen molar-refractivity contribution < 1.29 is 9.53 Å². The molecule has 0 bridgehead atoms. The van der Waals surface area contributed by atoms with Crippen LogP contribution in [0.15, 0.2) is 48.8 Å². The summed E-state index contributed by atoms with van der Waals surface area (Å²) in [5.74, 6) is 1.65. The summed E-state index contributed by atoms with van der Waals surface area (Å²) in [5, 5.41) is 0. The molecule has 0 radical (unpaired) electrons. The van der Waals surface area contributed by atoms with E-state index in [9.17, 15) is 4.79 Å². The summed E-state index contributed by atoms with van der Waals surface area (Å²) < 4.78 is 7.54. The molecule has 1 saturated heterocycles. The van der Waals surface area contributed by atoms with Crippen LogP contribution in [0, 0.1) is 12.8 Å². The number of nitrogens with zero attached hydrogens (tertiary/aromatic N) is 3. The largest absolute Gasteiger partial charge is 0.497 e. The smallest absolute Gasteiger partial charge is 0.223 e. The van der Waals surface area contributed by atoms with Crippen LogP contribution in [0.4, 0.5) is 0 Å². The van der Waals surface area contributed by atoms with E-state index in [4.69, 9.17) is 4.74 Å². The molecule has 5 heteroatoms. The Hall–Kier alpha value is -2.82. The Morgan fingerprint density at radius 2 is 2.03 bits per heavy atom. The minimum atomic E-state index is -0.0744. The van der Waals surface area contributed by atoms with Crippen LogP contribution in [-0.4, -0.2) is 40.4 Å². The molecule has 1 fully saturated rings. The first-order chi connectivity index (χ1) is 14.0. The van der Waals surface area contributed by atoms with Crippen molar-refractivity contribution in [3.63, 3.8) is 0 Å². The molecule has 3 aromatic rings. The fourth-order valence-corrected chi connectivity index (χ4v) is 4.17. The van der Waals surface area contributed by atoms with E-state index in [0.29, 0.717) is 12.3 Å². The fourth-order valence-electron chi connectivity index (χ4n) is 4.17. The molecule has 1 atom stereocenters. The van der Waals surface area contributed by atoms with E-state index < -0.39 is 0 Å². The van der Waals surface area contributed by atoms with E-state index in [-0.39, 0.29) is 11.8 Å². The van der Waals surface area contributed by atoms with Crippen molar-refractivity contribution in [3.05, 3.63) is 65.6 Å². The molecule has 2 aromatic heterocycles. The second kappa shape index (κ2) is 8.27. The van der Waals surface area contributed by atoms with Crippen molar-refractivity contribution in [2.24, 2.45) is 5.92 Å². The number of benzene rings is 1. The van der Waals surface area contributed by atoms with Gasteiger partial charge in [0.05, 0.1) is 12.8 Å². The van der Waals surface area contributed by atoms with Crippen LogP contribution in [0.2, 0.25) is 0 Å². The topological polar surface area (TPSA) is 46.8 Å². The van der Waals surface area contributed by atoms with Gasteiger partial charge in [0.25, 0.3) is 0 Å². The first-order valence-corrected chi connectivity index (χ1v) is 10.4. The molecule has 1 aliphatic rings. The van der Waals surface area contributed by atoms with Gasteiger partial charge in [-0.2, -0.15) is 0 Å². The van der Waals surface area contributed by atoms with Crippen molar-refractivity contribution in [3.8, 4) is 5.75 Å². The summed E-state index contributed by atoms with van der Waals surface area (Å²) in [6, 6.07) is 12.2. The highest BCUT2D eigenvalue weighted by molar-refractivity contribution is 5.78. The average Bonchev–Trinajstić information content (AvgIpc) is 3.15. The Balaban J connectivity index is 1.69. The molecule has 0 saturated carbocycles. The summed E-state index contributed by atoms with van der Waals surface area (Å²) in [7, 11) is 1.67. The van der Waals surface area contributed by atoms with Crippen LogP contribution in [-0.2, 0) is 4.79 Å². The predicted octanol–water partition coefficient (Wildman–Crippen LogP) is 4.43. The zero-order chi connectivity index (χ0) is 20.4. The van der Waals surface area contributed by atoms with Crippen LogP contribution >= 0.6 is 0 Å². The van der Waals surface area contributed by atoms with Gasteiger partial charge in [0, 0.05) is 37.8 Å². The lowest BCUT2D eigenvalue weighted by Gasteiger charge is -2.31. The maximum atomic E-state index is 13.2. The van der Waals surface area contributed by atoms with Crippen LogP contribution in [0.1, 0.15) is 48.9 Å². The van der Waals surface area contributed by atoms with E-state index in [1.54, 1.807) is 7.11 Å². The number of rotatable bonds is 5. The number of hydrogen-bond donors (Lipinski definition) is 0. The molecule has 1 amide bonds. The Morgan fingerprint density at radius 1 is 1.24 bits per heavy atom. The van der Waals surface area contributed by atoms with E-state index in [1.165, 1.54) is 5.56 Å². The lowest BCUT2D eigenvalue weighted by molar-refractivity contribution is -0.132. The number of piperidine rings is 1. The number of fused-ring (bicyclic) bond motifs is 1. The standard InChI is InChI=1S/C24H29N3O2/c1-17-7-10-26(11-8-17)24(28)15-21(19-5-4-6-20(14-19)29-3)22-16-25-23-13-18(2)9-12-27(22)23/h4-6,9,12-14,16-17,21H,7-8,10-11,15H2,1-3H3. The van der Waals surface area contributed by atoms with Gasteiger partial charge < -0.3 is 14.0 Å². The Bertz CT molecular complexity index is 1000. The number of carbonyl (C=O) groups is 1. The molecule has 3 heterocycles. The molecule has 0 spiro atoms. The molecule has 29 heavy (non-hydrogen) atoms. The number of pyridine rings is 1. The lowest BCUT2D eigenvalue weighted by Crippen LogP contribution is -2.38. The van der Waals surface area contributed by atoms with Gasteiger partial charge in [-0.3, -0.25) is 4.79 Å². The second-order valence-electron chi connectivity index (χ2n) is 8.21. The van der Waals surface area contributed by atoms with E-state index >= 15 is 0 Å². The SMILES string of the molecule is COc1cccc(C(CC(=O)N2CCC(C)CC2)c2cnc3cc(C)ccn23)c1. The summed E-state index contributed by atoms with van der Waals surface area (Å²) >= 11 is 0.